The van der Waals surface area contributed by atoms with Gasteiger partial charge >= 0.3 is 12.0 Å². The molecule has 0 aromatic carbocycles. The van der Waals surface area contributed by atoms with Crippen molar-refractivity contribution >= 4 is 12.0 Å². The minimum atomic E-state index is -1.10. The van der Waals surface area contributed by atoms with Crippen LogP contribution in [0.15, 0.2) is 12.4 Å². The van der Waals surface area contributed by atoms with Gasteiger partial charge in [0.05, 0.1) is 6.20 Å². The molecule has 1 aliphatic rings. The van der Waals surface area contributed by atoms with Crippen LogP contribution in [0.5, 0.6) is 0 Å². The number of carbonyl (C=O) groups excluding carboxylic acids is 1. The van der Waals surface area contributed by atoms with Crippen LogP contribution >= 0.6 is 0 Å². The number of aliphatic carboxylic acids is 1. The van der Waals surface area contributed by atoms with Crippen LogP contribution in [-0.4, -0.2) is 32.9 Å². The van der Waals surface area contributed by atoms with Crippen molar-refractivity contribution in [1.29, 1.82) is 0 Å². The monoisotopic (exact) mass is 294 g/mol. The van der Waals surface area contributed by atoms with Crippen molar-refractivity contribution in [2.24, 2.45) is 13.0 Å². The zero-order valence-electron chi connectivity index (χ0n) is 12.4. The van der Waals surface area contributed by atoms with Gasteiger partial charge in [0.15, 0.2) is 6.04 Å². The summed E-state index contributed by atoms with van der Waals surface area (Å²) in [5.74, 6) is -0.391. The number of aryl methyl sites for hydroxylation is 1. The molecule has 7 nitrogen and oxygen atoms in total. The maximum atomic E-state index is 12.0. The zero-order chi connectivity index (χ0) is 15.4. The van der Waals surface area contributed by atoms with Crippen LogP contribution in [0.4, 0.5) is 4.79 Å². The molecule has 7 heteroatoms. The maximum Gasteiger partial charge on any atom is 0.331 e. The van der Waals surface area contributed by atoms with Gasteiger partial charge in [-0.05, 0) is 18.8 Å². The van der Waals surface area contributed by atoms with Crippen LogP contribution in [-0.2, 0) is 11.8 Å². The molecule has 0 bridgehead atoms. The van der Waals surface area contributed by atoms with E-state index in [2.05, 4.69) is 15.7 Å². The molecule has 1 aromatic heterocycles. The van der Waals surface area contributed by atoms with Crippen LogP contribution in [0, 0.1) is 5.92 Å². The number of nitrogens with zero attached hydrogens (tertiary/aromatic N) is 2. The van der Waals surface area contributed by atoms with E-state index in [9.17, 15) is 14.7 Å². The number of urea groups is 1. The summed E-state index contributed by atoms with van der Waals surface area (Å²) in [4.78, 5) is 23.3. The minimum absolute atomic E-state index is 0.0980. The molecule has 0 spiro atoms. The standard InChI is InChI=1S/C14H22N4O3/c1-3-11(6-9-4-5-9)16-14(21)17-12(13(19)20)10-7-15-18(2)8-10/h7-9,11-12H,3-6H2,1-2H3,(H,19,20)(H2,16,17,21). The minimum Gasteiger partial charge on any atom is -0.479 e. The SMILES string of the molecule is CCC(CC1CC1)NC(=O)NC(C(=O)O)c1cnn(C)c1. The highest BCUT2D eigenvalue weighted by atomic mass is 16.4. The summed E-state index contributed by atoms with van der Waals surface area (Å²) in [7, 11) is 1.70. The number of carboxylic acids is 1. The summed E-state index contributed by atoms with van der Waals surface area (Å²) < 4.78 is 1.51. The van der Waals surface area contributed by atoms with E-state index in [1.165, 1.54) is 23.7 Å². The molecule has 1 aromatic rings. The van der Waals surface area contributed by atoms with Crippen molar-refractivity contribution in [3.63, 3.8) is 0 Å². The molecule has 2 atom stereocenters. The largest absolute Gasteiger partial charge is 0.479 e. The van der Waals surface area contributed by atoms with Gasteiger partial charge in [0, 0.05) is 24.8 Å². The Kier molecular flexibility index (Phi) is 4.82. The number of hydrogen-bond acceptors (Lipinski definition) is 3. The lowest BCUT2D eigenvalue weighted by Crippen LogP contribution is -2.45. The van der Waals surface area contributed by atoms with Gasteiger partial charge in [-0.15, -0.1) is 0 Å². The third-order valence-electron chi connectivity index (χ3n) is 3.72. The highest BCUT2D eigenvalue weighted by Gasteiger charge is 2.27. The number of hydrogen-bond donors (Lipinski definition) is 3. The average Bonchev–Trinajstić information content (AvgIpc) is 3.14. The van der Waals surface area contributed by atoms with E-state index in [0.717, 1.165) is 12.8 Å². The summed E-state index contributed by atoms with van der Waals surface area (Å²) in [5.41, 5.74) is 0.454. The van der Waals surface area contributed by atoms with E-state index in [4.69, 9.17) is 0 Å². The molecule has 2 amide bonds. The second-order valence-electron chi connectivity index (χ2n) is 5.62. The lowest BCUT2D eigenvalue weighted by molar-refractivity contribution is -0.139. The Morgan fingerprint density at radius 3 is 2.67 bits per heavy atom. The first-order valence-electron chi connectivity index (χ1n) is 7.28. The fourth-order valence-corrected chi connectivity index (χ4v) is 2.32. The molecule has 2 rings (SSSR count). The first-order valence-corrected chi connectivity index (χ1v) is 7.28. The summed E-state index contributed by atoms with van der Waals surface area (Å²) in [6, 6.07) is -1.43. The van der Waals surface area contributed by atoms with Crippen molar-refractivity contribution in [2.45, 2.75) is 44.7 Å². The zero-order valence-corrected chi connectivity index (χ0v) is 12.4. The smallest absolute Gasteiger partial charge is 0.331 e. The molecule has 3 N–H and O–H groups in total. The summed E-state index contributed by atoms with van der Waals surface area (Å²) in [6.45, 7) is 2.02. The Hall–Kier alpha value is -2.05. The third-order valence-corrected chi connectivity index (χ3v) is 3.72. The Morgan fingerprint density at radius 2 is 2.19 bits per heavy atom. The number of carbonyl (C=O) groups is 2. The van der Waals surface area contributed by atoms with Crippen molar-refractivity contribution in [2.75, 3.05) is 0 Å². The molecule has 1 heterocycles. The molecule has 116 valence electrons. The Morgan fingerprint density at radius 1 is 1.48 bits per heavy atom. The van der Waals surface area contributed by atoms with E-state index in [-0.39, 0.29) is 6.04 Å². The van der Waals surface area contributed by atoms with Gasteiger partial charge in [-0.1, -0.05) is 19.8 Å². The molecule has 2 unspecified atom stereocenters. The second kappa shape index (κ2) is 6.60. The molecule has 1 saturated carbocycles. The quantitative estimate of drug-likeness (QED) is 0.708. The molecule has 0 saturated heterocycles. The van der Waals surface area contributed by atoms with Gasteiger partial charge < -0.3 is 15.7 Å². The number of rotatable bonds is 7. The van der Waals surface area contributed by atoms with E-state index in [1.54, 1.807) is 13.2 Å². The Bertz CT molecular complexity index is 510. The van der Waals surface area contributed by atoms with Crippen LogP contribution in [0.1, 0.15) is 44.2 Å². The van der Waals surface area contributed by atoms with E-state index < -0.39 is 18.0 Å². The van der Waals surface area contributed by atoms with Crippen molar-refractivity contribution in [1.82, 2.24) is 20.4 Å². The van der Waals surface area contributed by atoms with E-state index in [0.29, 0.717) is 11.5 Å². The number of amides is 2. The van der Waals surface area contributed by atoms with Crippen LogP contribution in [0.25, 0.3) is 0 Å². The first-order chi connectivity index (χ1) is 9.99. The fraction of sp³-hybridized carbons (Fsp3) is 0.643. The highest BCUT2D eigenvalue weighted by molar-refractivity contribution is 5.83. The summed E-state index contributed by atoms with van der Waals surface area (Å²) in [6.07, 6.45) is 7.30. The van der Waals surface area contributed by atoms with Crippen LogP contribution in [0.3, 0.4) is 0 Å². The lowest BCUT2D eigenvalue weighted by atomic mass is 10.1. The van der Waals surface area contributed by atoms with Crippen LogP contribution < -0.4 is 10.6 Å². The number of nitrogens with one attached hydrogen (secondary N) is 2. The normalized spacial score (nSPS) is 17.0. The van der Waals surface area contributed by atoms with Gasteiger partial charge in [0.2, 0.25) is 0 Å². The lowest BCUT2D eigenvalue weighted by Gasteiger charge is -2.19. The molecule has 0 radical (unpaired) electrons. The predicted octanol–water partition coefficient (Wildman–Crippen LogP) is 1.42. The van der Waals surface area contributed by atoms with E-state index >= 15 is 0 Å². The topological polar surface area (TPSA) is 96.2 Å². The van der Waals surface area contributed by atoms with Crippen molar-refractivity contribution in [3.8, 4) is 0 Å². The third kappa shape index (κ3) is 4.47. The van der Waals surface area contributed by atoms with Crippen molar-refractivity contribution < 1.29 is 14.7 Å². The Balaban J connectivity index is 1.92. The van der Waals surface area contributed by atoms with Gasteiger partial charge in [0.25, 0.3) is 0 Å². The van der Waals surface area contributed by atoms with Gasteiger partial charge in [0.1, 0.15) is 0 Å². The summed E-state index contributed by atoms with van der Waals surface area (Å²) >= 11 is 0. The average molecular weight is 294 g/mol. The molecular formula is C14H22N4O3. The number of carboxylic acid groups (broad SMARTS) is 1. The Labute approximate surface area is 123 Å². The second-order valence-corrected chi connectivity index (χ2v) is 5.62. The van der Waals surface area contributed by atoms with Gasteiger partial charge in [-0.3, -0.25) is 4.68 Å². The number of aromatic nitrogens is 2. The fourth-order valence-electron chi connectivity index (χ4n) is 2.32. The molecule has 1 aliphatic carbocycles. The highest BCUT2D eigenvalue weighted by Crippen LogP contribution is 2.34. The van der Waals surface area contributed by atoms with Gasteiger partial charge in [-0.25, -0.2) is 9.59 Å². The molecule has 1 fully saturated rings. The maximum absolute atomic E-state index is 12.0. The van der Waals surface area contributed by atoms with Gasteiger partial charge in [-0.2, -0.15) is 5.10 Å². The van der Waals surface area contributed by atoms with Crippen molar-refractivity contribution in [3.05, 3.63) is 18.0 Å². The predicted molar refractivity (Wildman–Crippen MR) is 76.7 cm³/mol. The van der Waals surface area contributed by atoms with E-state index in [1.807, 2.05) is 6.92 Å². The first kappa shape index (κ1) is 15.3. The van der Waals surface area contributed by atoms with Crippen LogP contribution in [0.2, 0.25) is 0 Å². The summed E-state index contributed by atoms with van der Waals surface area (Å²) in [5, 5.41) is 18.5. The molecule has 21 heavy (non-hydrogen) atoms. The molecular weight excluding hydrogens is 272 g/mol. The molecule has 0 aliphatic heterocycles.